The second-order valence-electron chi connectivity index (χ2n) is 5.29. The fourth-order valence-corrected chi connectivity index (χ4v) is 1.51. The van der Waals surface area contributed by atoms with Gasteiger partial charge >= 0.3 is 0 Å². The molecule has 1 aromatic carbocycles. The molecule has 94 valence electrons. The molecule has 0 fully saturated rings. The van der Waals surface area contributed by atoms with E-state index in [9.17, 15) is 4.79 Å². The molecular weight excluding hydrogens is 236 g/mol. The second kappa shape index (κ2) is 5.41. The number of halogens is 1. The lowest BCUT2D eigenvalue weighted by atomic mass is 9.97. The van der Waals surface area contributed by atoms with Gasteiger partial charge in [-0.3, -0.25) is 4.79 Å². The molecule has 0 aliphatic carbocycles. The van der Waals surface area contributed by atoms with Crippen LogP contribution < -0.4 is 10.6 Å². The molecule has 0 atom stereocenters. The Morgan fingerprint density at radius 1 is 1.35 bits per heavy atom. The summed E-state index contributed by atoms with van der Waals surface area (Å²) in [5, 5.41) is 6.52. The van der Waals surface area contributed by atoms with E-state index in [0.29, 0.717) is 10.7 Å². The van der Waals surface area contributed by atoms with E-state index in [4.69, 9.17) is 11.6 Å². The summed E-state index contributed by atoms with van der Waals surface area (Å²) >= 11 is 6.07. The van der Waals surface area contributed by atoms with Crippen molar-refractivity contribution in [2.24, 2.45) is 5.41 Å². The van der Waals surface area contributed by atoms with Crippen molar-refractivity contribution >= 4 is 28.9 Å². The molecule has 0 aromatic heterocycles. The number of hydrogen-bond acceptors (Lipinski definition) is 2. The van der Waals surface area contributed by atoms with Crippen molar-refractivity contribution in [3.8, 4) is 0 Å². The van der Waals surface area contributed by atoms with E-state index in [1.807, 2.05) is 12.1 Å². The number of benzene rings is 1. The summed E-state index contributed by atoms with van der Waals surface area (Å²) in [6, 6.07) is 5.52. The highest BCUT2D eigenvalue weighted by Crippen LogP contribution is 2.26. The summed E-state index contributed by atoms with van der Waals surface area (Å²) < 4.78 is 0. The van der Waals surface area contributed by atoms with Crippen LogP contribution in [0, 0.1) is 5.41 Å². The van der Waals surface area contributed by atoms with E-state index in [0.717, 1.165) is 12.2 Å². The molecule has 2 N–H and O–H groups in total. The Bertz CT molecular complexity index is 410. The third-order valence-electron chi connectivity index (χ3n) is 2.10. The van der Waals surface area contributed by atoms with Crippen molar-refractivity contribution in [2.75, 3.05) is 17.2 Å². The summed E-state index contributed by atoms with van der Waals surface area (Å²) in [5.74, 6) is -0.123. The van der Waals surface area contributed by atoms with E-state index in [1.165, 1.54) is 6.92 Å². The van der Waals surface area contributed by atoms with Crippen LogP contribution in [-0.2, 0) is 4.79 Å². The van der Waals surface area contributed by atoms with Crippen molar-refractivity contribution in [3.05, 3.63) is 23.2 Å². The molecule has 0 bridgehead atoms. The van der Waals surface area contributed by atoms with Gasteiger partial charge in [-0.2, -0.15) is 0 Å². The van der Waals surface area contributed by atoms with Gasteiger partial charge < -0.3 is 10.6 Å². The molecule has 0 aliphatic heterocycles. The standard InChI is InChI=1S/C13H19ClN2O/c1-9(17)16-12-6-5-10(7-11(12)14)15-8-13(2,3)4/h5-7,15H,8H2,1-4H3,(H,16,17). The first-order chi connectivity index (χ1) is 7.78. The maximum atomic E-state index is 10.9. The number of amides is 1. The molecule has 3 nitrogen and oxygen atoms in total. The molecule has 1 amide bonds. The first kappa shape index (κ1) is 13.8. The Morgan fingerprint density at radius 2 is 2.00 bits per heavy atom. The molecule has 0 aliphatic rings. The van der Waals surface area contributed by atoms with Crippen LogP contribution in [0.2, 0.25) is 5.02 Å². The molecule has 1 rings (SSSR count). The zero-order valence-corrected chi connectivity index (χ0v) is 11.5. The molecule has 0 spiro atoms. The Kier molecular flexibility index (Phi) is 4.40. The summed E-state index contributed by atoms with van der Waals surface area (Å²) in [4.78, 5) is 10.9. The van der Waals surface area contributed by atoms with Crippen LogP contribution in [0.25, 0.3) is 0 Å². The Morgan fingerprint density at radius 3 is 2.47 bits per heavy atom. The van der Waals surface area contributed by atoms with Gasteiger partial charge in [0.1, 0.15) is 0 Å². The molecule has 0 heterocycles. The predicted molar refractivity (Wildman–Crippen MR) is 73.7 cm³/mol. The minimum Gasteiger partial charge on any atom is -0.384 e. The smallest absolute Gasteiger partial charge is 0.221 e. The van der Waals surface area contributed by atoms with Crippen LogP contribution in [0.3, 0.4) is 0 Å². The average molecular weight is 255 g/mol. The number of carbonyl (C=O) groups is 1. The van der Waals surface area contributed by atoms with Gasteiger partial charge in [-0.15, -0.1) is 0 Å². The topological polar surface area (TPSA) is 41.1 Å². The van der Waals surface area contributed by atoms with Crippen LogP contribution in [0.5, 0.6) is 0 Å². The zero-order valence-electron chi connectivity index (χ0n) is 10.7. The summed E-state index contributed by atoms with van der Waals surface area (Å²) in [6.07, 6.45) is 0. The van der Waals surface area contributed by atoms with Crippen molar-refractivity contribution in [1.82, 2.24) is 0 Å². The van der Waals surface area contributed by atoms with Crippen LogP contribution in [-0.4, -0.2) is 12.5 Å². The van der Waals surface area contributed by atoms with Crippen molar-refractivity contribution in [3.63, 3.8) is 0 Å². The first-order valence-electron chi connectivity index (χ1n) is 5.59. The quantitative estimate of drug-likeness (QED) is 0.862. The van der Waals surface area contributed by atoms with E-state index < -0.39 is 0 Å². The fourth-order valence-electron chi connectivity index (χ4n) is 1.28. The predicted octanol–water partition coefficient (Wildman–Crippen LogP) is 3.76. The molecular formula is C13H19ClN2O. The Labute approximate surface area is 108 Å². The molecule has 0 saturated carbocycles. The van der Waals surface area contributed by atoms with Gasteiger partial charge in [0, 0.05) is 19.2 Å². The number of carbonyl (C=O) groups excluding carboxylic acids is 1. The number of rotatable bonds is 3. The van der Waals surface area contributed by atoms with Crippen molar-refractivity contribution in [1.29, 1.82) is 0 Å². The summed E-state index contributed by atoms with van der Waals surface area (Å²) in [7, 11) is 0. The monoisotopic (exact) mass is 254 g/mol. The normalized spacial score (nSPS) is 11.1. The highest BCUT2D eigenvalue weighted by atomic mass is 35.5. The maximum absolute atomic E-state index is 10.9. The van der Waals surface area contributed by atoms with Gasteiger partial charge in [0.25, 0.3) is 0 Å². The highest BCUT2D eigenvalue weighted by Gasteiger charge is 2.10. The van der Waals surface area contributed by atoms with Crippen molar-refractivity contribution < 1.29 is 4.79 Å². The van der Waals surface area contributed by atoms with E-state index in [-0.39, 0.29) is 11.3 Å². The lowest BCUT2D eigenvalue weighted by Crippen LogP contribution is -2.19. The van der Waals surface area contributed by atoms with Crippen LogP contribution in [0.1, 0.15) is 27.7 Å². The van der Waals surface area contributed by atoms with Crippen LogP contribution in [0.15, 0.2) is 18.2 Å². The molecule has 1 aromatic rings. The van der Waals surface area contributed by atoms with Gasteiger partial charge in [0.2, 0.25) is 5.91 Å². The molecule has 0 saturated heterocycles. The lowest BCUT2D eigenvalue weighted by Gasteiger charge is -2.20. The summed E-state index contributed by atoms with van der Waals surface area (Å²) in [6.45, 7) is 8.80. The van der Waals surface area contributed by atoms with Gasteiger partial charge in [-0.05, 0) is 23.6 Å². The fraction of sp³-hybridized carbons (Fsp3) is 0.462. The van der Waals surface area contributed by atoms with E-state index in [2.05, 4.69) is 31.4 Å². The van der Waals surface area contributed by atoms with Crippen LogP contribution >= 0.6 is 11.6 Å². The minimum absolute atomic E-state index is 0.123. The number of hydrogen-bond donors (Lipinski definition) is 2. The highest BCUT2D eigenvalue weighted by molar-refractivity contribution is 6.34. The van der Waals surface area contributed by atoms with Gasteiger partial charge in [-0.25, -0.2) is 0 Å². The molecule has 17 heavy (non-hydrogen) atoms. The SMILES string of the molecule is CC(=O)Nc1ccc(NCC(C)(C)C)cc1Cl. The van der Waals surface area contributed by atoms with Gasteiger partial charge in [0.15, 0.2) is 0 Å². The molecule has 4 heteroatoms. The van der Waals surface area contributed by atoms with Gasteiger partial charge in [-0.1, -0.05) is 32.4 Å². The van der Waals surface area contributed by atoms with E-state index in [1.54, 1.807) is 6.07 Å². The zero-order chi connectivity index (χ0) is 13.1. The number of nitrogens with one attached hydrogen (secondary N) is 2. The van der Waals surface area contributed by atoms with Gasteiger partial charge in [0.05, 0.1) is 10.7 Å². The van der Waals surface area contributed by atoms with Crippen LogP contribution in [0.4, 0.5) is 11.4 Å². The first-order valence-corrected chi connectivity index (χ1v) is 5.97. The largest absolute Gasteiger partial charge is 0.384 e. The summed E-state index contributed by atoms with van der Waals surface area (Å²) in [5.41, 5.74) is 1.81. The average Bonchev–Trinajstić information content (AvgIpc) is 2.17. The Hall–Kier alpha value is -1.22. The third kappa shape index (κ3) is 5.09. The van der Waals surface area contributed by atoms with Crippen molar-refractivity contribution in [2.45, 2.75) is 27.7 Å². The minimum atomic E-state index is -0.123. The molecule has 0 unspecified atom stereocenters. The number of anilines is 2. The lowest BCUT2D eigenvalue weighted by molar-refractivity contribution is -0.114. The molecule has 0 radical (unpaired) electrons. The third-order valence-corrected chi connectivity index (χ3v) is 2.42. The second-order valence-corrected chi connectivity index (χ2v) is 5.70. The maximum Gasteiger partial charge on any atom is 0.221 e. The van der Waals surface area contributed by atoms with E-state index >= 15 is 0 Å². The Balaban J connectivity index is 2.72.